The highest BCUT2D eigenvalue weighted by Gasteiger charge is 2.21. The molecule has 0 fully saturated rings. The molecule has 0 atom stereocenters. The minimum atomic E-state index is 1.12. The van der Waals surface area contributed by atoms with Crippen LogP contribution in [0.1, 0.15) is 0 Å². The third-order valence-electron chi connectivity index (χ3n) is 11.6. The van der Waals surface area contributed by atoms with Gasteiger partial charge in [0, 0.05) is 74.2 Å². The van der Waals surface area contributed by atoms with Gasteiger partial charge in [-0.25, -0.2) is 0 Å². The van der Waals surface area contributed by atoms with Crippen molar-refractivity contribution < 1.29 is 0 Å². The number of anilines is 6. The maximum absolute atomic E-state index is 2.45. The van der Waals surface area contributed by atoms with Crippen molar-refractivity contribution in [2.45, 2.75) is 0 Å². The van der Waals surface area contributed by atoms with E-state index in [1.807, 2.05) is 22.7 Å². The van der Waals surface area contributed by atoms with Crippen LogP contribution in [0.15, 0.2) is 206 Å². The number of fused-ring (bicyclic) bond motifs is 11. The second-order valence-corrected chi connectivity index (χ2v) is 17.1. The van der Waals surface area contributed by atoms with Crippen molar-refractivity contribution in [3.63, 3.8) is 0 Å². The second kappa shape index (κ2) is 13.3. The van der Waals surface area contributed by atoms with E-state index in [9.17, 15) is 0 Å². The van der Waals surface area contributed by atoms with Crippen LogP contribution in [0.3, 0.4) is 0 Å². The lowest BCUT2D eigenvalue weighted by molar-refractivity contribution is 1.30. The molecular formula is C54H34N2S2. The number of hydrogen-bond donors (Lipinski definition) is 0. The molecule has 0 saturated heterocycles. The molecular weight excluding hydrogens is 741 g/mol. The fourth-order valence-electron chi connectivity index (χ4n) is 8.94. The summed E-state index contributed by atoms with van der Waals surface area (Å²) in [6.07, 6.45) is 0. The molecule has 12 rings (SSSR count). The predicted octanol–water partition coefficient (Wildman–Crippen LogP) is 16.8. The Kier molecular flexibility index (Phi) is 7.62. The first kappa shape index (κ1) is 33.2. The standard InChI is InChI=1S/C54H34N2S2/c1-3-13-36(14-4-1)55(39-26-29-46-44-19-9-11-21-51(44)57-53(46)32-39)38-25-23-35-24-28-42-41-17-7-8-18-43(41)50(34-49(42)48(35)31-38)56(37-15-5-2-6-16-37)40-27-30-47-45-20-10-12-22-52(45)58-54(47)33-40/h1-34H. The predicted molar refractivity (Wildman–Crippen MR) is 254 cm³/mol. The van der Waals surface area contributed by atoms with Crippen LogP contribution >= 0.6 is 22.7 Å². The molecule has 10 aromatic carbocycles. The Morgan fingerprint density at radius 1 is 0.241 bits per heavy atom. The number of thiophene rings is 2. The molecule has 0 amide bonds. The Labute approximate surface area is 343 Å². The van der Waals surface area contributed by atoms with Crippen molar-refractivity contribution in [1.29, 1.82) is 0 Å². The van der Waals surface area contributed by atoms with Crippen molar-refractivity contribution in [3.8, 4) is 0 Å². The molecule has 0 aliphatic rings. The lowest BCUT2D eigenvalue weighted by Crippen LogP contribution is -2.10. The number of para-hydroxylation sites is 2. The highest BCUT2D eigenvalue weighted by molar-refractivity contribution is 7.26. The molecule has 0 unspecified atom stereocenters. The molecule has 0 radical (unpaired) electrons. The van der Waals surface area contributed by atoms with E-state index in [0.717, 1.165) is 34.1 Å². The molecule has 2 heterocycles. The monoisotopic (exact) mass is 774 g/mol. The Morgan fingerprint density at radius 3 is 1.31 bits per heavy atom. The highest BCUT2D eigenvalue weighted by Crippen LogP contribution is 2.47. The third-order valence-corrected chi connectivity index (χ3v) is 13.9. The van der Waals surface area contributed by atoms with Gasteiger partial charge in [-0.15, -0.1) is 22.7 Å². The molecule has 0 bridgehead atoms. The van der Waals surface area contributed by atoms with Crippen molar-refractivity contribution in [1.82, 2.24) is 0 Å². The van der Waals surface area contributed by atoms with E-state index in [2.05, 4.69) is 216 Å². The lowest BCUT2D eigenvalue weighted by atomic mass is 9.94. The van der Waals surface area contributed by atoms with Gasteiger partial charge < -0.3 is 9.80 Å². The summed E-state index contributed by atoms with van der Waals surface area (Å²) in [6.45, 7) is 0. The molecule has 4 heteroatoms. The van der Waals surface area contributed by atoms with Gasteiger partial charge >= 0.3 is 0 Å². The van der Waals surface area contributed by atoms with Crippen LogP contribution in [0.5, 0.6) is 0 Å². The summed E-state index contributed by atoms with van der Waals surface area (Å²) < 4.78 is 5.20. The summed E-state index contributed by atoms with van der Waals surface area (Å²) in [6, 6.07) is 75.8. The minimum Gasteiger partial charge on any atom is -0.310 e. The quantitative estimate of drug-likeness (QED) is 0.155. The molecule has 12 aromatic rings. The van der Waals surface area contributed by atoms with Crippen molar-refractivity contribution in [3.05, 3.63) is 206 Å². The molecule has 0 saturated carbocycles. The third kappa shape index (κ3) is 5.30. The SMILES string of the molecule is c1ccc(N(c2ccc3c(c2)sc2ccccc23)c2ccc3ccc4c5ccccc5c(N(c5ccccc5)c5ccc6c(c5)sc5ccccc56)cc4c3c2)cc1. The Bertz CT molecular complexity index is 3530. The molecule has 0 aliphatic carbocycles. The first-order valence-corrected chi connectivity index (χ1v) is 21.3. The van der Waals surface area contributed by atoms with E-state index in [-0.39, 0.29) is 0 Å². The Balaban J connectivity index is 1.10. The van der Waals surface area contributed by atoms with Crippen LogP contribution in [0, 0.1) is 0 Å². The summed E-state index contributed by atoms with van der Waals surface area (Å²) in [4.78, 5) is 4.85. The largest absolute Gasteiger partial charge is 0.310 e. The van der Waals surface area contributed by atoms with Gasteiger partial charge in [0.2, 0.25) is 0 Å². The summed E-state index contributed by atoms with van der Waals surface area (Å²) in [5, 5.41) is 12.6. The summed E-state index contributed by atoms with van der Waals surface area (Å²) in [5.74, 6) is 0. The van der Waals surface area contributed by atoms with Gasteiger partial charge in [-0.1, -0.05) is 127 Å². The second-order valence-electron chi connectivity index (χ2n) is 14.9. The van der Waals surface area contributed by atoms with Gasteiger partial charge in [-0.05, 0) is 106 Å². The molecule has 0 N–H and O–H groups in total. The van der Waals surface area contributed by atoms with E-state index in [1.54, 1.807) is 0 Å². The van der Waals surface area contributed by atoms with E-state index in [1.165, 1.54) is 72.7 Å². The topological polar surface area (TPSA) is 6.48 Å². The molecule has 272 valence electrons. The molecule has 0 spiro atoms. The van der Waals surface area contributed by atoms with E-state index in [4.69, 9.17) is 0 Å². The lowest BCUT2D eigenvalue weighted by Gasteiger charge is -2.28. The average molecular weight is 775 g/mol. The van der Waals surface area contributed by atoms with Crippen molar-refractivity contribution >= 4 is 129 Å². The average Bonchev–Trinajstić information content (AvgIpc) is 3.85. The normalized spacial score (nSPS) is 11.8. The summed E-state index contributed by atoms with van der Waals surface area (Å²) >= 11 is 3.72. The first-order valence-electron chi connectivity index (χ1n) is 19.7. The minimum absolute atomic E-state index is 1.12. The molecule has 0 aliphatic heterocycles. The van der Waals surface area contributed by atoms with Gasteiger partial charge in [0.1, 0.15) is 0 Å². The van der Waals surface area contributed by atoms with Crippen LogP contribution in [-0.4, -0.2) is 0 Å². The van der Waals surface area contributed by atoms with Gasteiger partial charge in [0.05, 0.1) is 5.69 Å². The number of nitrogens with zero attached hydrogens (tertiary/aromatic N) is 2. The number of rotatable bonds is 6. The smallest absolute Gasteiger partial charge is 0.0546 e. The Morgan fingerprint density at radius 2 is 0.672 bits per heavy atom. The molecule has 2 aromatic heterocycles. The van der Waals surface area contributed by atoms with Crippen molar-refractivity contribution in [2.24, 2.45) is 0 Å². The molecule has 2 nitrogen and oxygen atoms in total. The van der Waals surface area contributed by atoms with Crippen LogP contribution in [0.4, 0.5) is 34.1 Å². The van der Waals surface area contributed by atoms with Crippen LogP contribution < -0.4 is 9.80 Å². The van der Waals surface area contributed by atoms with Crippen molar-refractivity contribution in [2.75, 3.05) is 9.80 Å². The zero-order chi connectivity index (χ0) is 38.2. The Hall–Kier alpha value is -6.98. The first-order chi connectivity index (χ1) is 28.7. The summed E-state index contributed by atoms with van der Waals surface area (Å²) in [7, 11) is 0. The number of benzene rings is 10. The van der Waals surface area contributed by atoms with Crippen LogP contribution in [-0.2, 0) is 0 Å². The zero-order valence-corrected chi connectivity index (χ0v) is 33.0. The summed E-state index contributed by atoms with van der Waals surface area (Å²) in [5.41, 5.74) is 6.81. The number of hydrogen-bond acceptors (Lipinski definition) is 4. The van der Waals surface area contributed by atoms with Gasteiger partial charge in [-0.2, -0.15) is 0 Å². The maximum Gasteiger partial charge on any atom is 0.0546 e. The maximum atomic E-state index is 2.45. The van der Waals surface area contributed by atoms with Crippen LogP contribution in [0.25, 0.3) is 72.7 Å². The van der Waals surface area contributed by atoms with E-state index in [0.29, 0.717) is 0 Å². The molecule has 58 heavy (non-hydrogen) atoms. The fourth-order valence-corrected chi connectivity index (χ4v) is 11.2. The fraction of sp³-hybridized carbons (Fsp3) is 0. The van der Waals surface area contributed by atoms with Gasteiger partial charge in [0.15, 0.2) is 0 Å². The van der Waals surface area contributed by atoms with Crippen LogP contribution in [0.2, 0.25) is 0 Å². The van der Waals surface area contributed by atoms with Gasteiger partial charge in [0.25, 0.3) is 0 Å². The highest BCUT2D eigenvalue weighted by atomic mass is 32.1. The van der Waals surface area contributed by atoms with E-state index >= 15 is 0 Å². The van der Waals surface area contributed by atoms with Gasteiger partial charge in [-0.3, -0.25) is 0 Å². The van der Waals surface area contributed by atoms with E-state index < -0.39 is 0 Å². The zero-order valence-electron chi connectivity index (χ0n) is 31.3.